The second-order valence-corrected chi connectivity index (χ2v) is 6.42. The van der Waals surface area contributed by atoms with Crippen molar-refractivity contribution >= 4 is 29.4 Å². The number of unbranched alkanes of at least 4 members (excludes halogenated alkanes) is 3. The zero-order valence-corrected chi connectivity index (χ0v) is 12.3. The van der Waals surface area contributed by atoms with Crippen LogP contribution >= 0.6 is 23.5 Å². The summed E-state index contributed by atoms with van der Waals surface area (Å²) in [4.78, 5) is 11.7. The summed E-state index contributed by atoms with van der Waals surface area (Å²) in [7, 11) is 0. The van der Waals surface area contributed by atoms with Crippen molar-refractivity contribution in [3.05, 3.63) is 0 Å². The zero-order chi connectivity index (χ0) is 12.3. The summed E-state index contributed by atoms with van der Waals surface area (Å²) in [5, 5.41) is 6.28. The number of amides is 1. The minimum Gasteiger partial charge on any atom is -0.355 e. The highest BCUT2D eigenvalue weighted by atomic mass is 32.2. The third-order valence-corrected chi connectivity index (χ3v) is 4.57. The highest BCUT2D eigenvalue weighted by molar-refractivity contribution is 7.99. The Morgan fingerprint density at radius 1 is 1.41 bits per heavy atom. The first-order valence-electron chi connectivity index (χ1n) is 6.42. The van der Waals surface area contributed by atoms with Crippen LogP contribution in [-0.4, -0.2) is 48.6 Å². The van der Waals surface area contributed by atoms with Crippen LogP contribution < -0.4 is 10.6 Å². The average Bonchev–Trinajstić information content (AvgIpc) is 2.38. The van der Waals surface area contributed by atoms with E-state index in [1.54, 1.807) is 0 Å². The molecule has 0 spiro atoms. The molecule has 5 heteroatoms. The normalized spacial score (nSPS) is 20.2. The van der Waals surface area contributed by atoms with Crippen molar-refractivity contribution in [1.29, 1.82) is 0 Å². The van der Waals surface area contributed by atoms with Crippen LogP contribution in [0.4, 0.5) is 0 Å². The van der Waals surface area contributed by atoms with E-state index in [2.05, 4.69) is 16.9 Å². The molecular weight excluding hydrogens is 252 g/mol. The van der Waals surface area contributed by atoms with E-state index in [0.717, 1.165) is 31.0 Å². The van der Waals surface area contributed by atoms with E-state index >= 15 is 0 Å². The highest BCUT2D eigenvalue weighted by Crippen LogP contribution is 2.07. The predicted octanol–water partition coefficient (Wildman–Crippen LogP) is 1.73. The molecular formula is C12H24N2OS2. The topological polar surface area (TPSA) is 41.1 Å². The summed E-state index contributed by atoms with van der Waals surface area (Å²) in [5.74, 6) is 3.48. The molecule has 17 heavy (non-hydrogen) atoms. The van der Waals surface area contributed by atoms with Crippen molar-refractivity contribution in [1.82, 2.24) is 10.6 Å². The molecule has 1 aliphatic heterocycles. The third-order valence-electron chi connectivity index (χ3n) is 2.81. The Kier molecular flexibility index (Phi) is 9.01. The largest absolute Gasteiger partial charge is 0.355 e. The van der Waals surface area contributed by atoms with Gasteiger partial charge in [0.25, 0.3) is 0 Å². The smallest absolute Gasteiger partial charge is 0.237 e. The fourth-order valence-electron chi connectivity index (χ4n) is 1.79. The van der Waals surface area contributed by atoms with Crippen LogP contribution in [-0.2, 0) is 4.79 Å². The van der Waals surface area contributed by atoms with Crippen LogP contribution in [0, 0.1) is 0 Å². The van der Waals surface area contributed by atoms with Gasteiger partial charge in [-0.2, -0.15) is 23.5 Å². The van der Waals surface area contributed by atoms with Gasteiger partial charge in [0.2, 0.25) is 5.91 Å². The Morgan fingerprint density at radius 3 is 2.94 bits per heavy atom. The molecule has 1 unspecified atom stereocenters. The van der Waals surface area contributed by atoms with E-state index in [4.69, 9.17) is 0 Å². The van der Waals surface area contributed by atoms with Crippen LogP contribution in [0.1, 0.15) is 25.7 Å². The molecule has 0 aromatic carbocycles. The molecule has 0 aromatic heterocycles. The molecule has 1 rings (SSSR count). The lowest BCUT2D eigenvalue weighted by atomic mass is 10.2. The SMILES string of the molecule is CSCCCCCCNC(=O)C1CSCCN1. The van der Waals surface area contributed by atoms with Gasteiger partial charge in [-0.15, -0.1) is 0 Å². The Hall–Kier alpha value is 0.130. The molecule has 0 saturated carbocycles. The van der Waals surface area contributed by atoms with Gasteiger partial charge in [-0.25, -0.2) is 0 Å². The first-order chi connectivity index (χ1) is 8.34. The van der Waals surface area contributed by atoms with Gasteiger partial charge in [0.1, 0.15) is 0 Å². The Balaban J connectivity index is 1.92. The molecule has 0 aliphatic carbocycles. The van der Waals surface area contributed by atoms with Gasteiger partial charge in [-0.05, 0) is 24.9 Å². The Labute approximate surface area is 113 Å². The standard InChI is InChI=1S/C12H24N2OS2/c1-16-8-5-3-2-4-6-14-12(15)11-10-17-9-7-13-11/h11,13H,2-10H2,1H3,(H,14,15). The molecule has 0 aromatic rings. The van der Waals surface area contributed by atoms with Gasteiger partial charge in [-0.1, -0.05) is 12.8 Å². The summed E-state index contributed by atoms with van der Waals surface area (Å²) < 4.78 is 0. The van der Waals surface area contributed by atoms with Crippen LogP contribution in [0.5, 0.6) is 0 Å². The lowest BCUT2D eigenvalue weighted by Crippen LogP contribution is -2.49. The van der Waals surface area contributed by atoms with Crippen molar-refractivity contribution in [2.24, 2.45) is 0 Å². The van der Waals surface area contributed by atoms with Crippen LogP contribution in [0.15, 0.2) is 0 Å². The Morgan fingerprint density at radius 2 is 2.24 bits per heavy atom. The summed E-state index contributed by atoms with van der Waals surface area (Å²) in [6, 6.07) is 0.0326. The summed E-state index contributed by atoms with van der Waals surface area (Å²) in [6.45, 7) is 1.79. The van der Waals surface area contributed by atoms with E-state index in [0.29, 0.717) is 0 Å². The van der Waals surface area contributed by atoms with Crippen molar-refractivity contribution in [2.45, 2.75) is 31.7 Å². The van der Waals surface area contributed by atoms with Gasteiger partial charge < -0.3 is 10.6 Å². The number of carbonyl (C=O) groups excluding carboxylic acids is 1. The number of carbonyl (C=O) groups is 1. The summed E-state index contributed by atoms with van der Waals surface area (Å²) >= 11 is 3.77. The molecule has 1 saturated heterocycles. The number of rotatable bonds is 8. The second kappa shape index (κ2) is 10.1. The van der Waals surface area contributed by atoms with Gasteiger partial charge in [0.05, 0.1) is 6.04 Å². The molecule has 0 bridgehead atoms. The molecule has 0 radical (unpaired) electrons. The molecule has 1 atom stereocenters. The fourth-order valence-corrected chi connectivity index (χ4v) is 3.22. The minimum absolute atomic E-state index is 0.0326. The quantitative estimate of drug-likeness (QED) is 0.663. The predicted molar refractivity (Wildman–Crippen MR) is 79.0 cm³/mol. The van der Waals surface area contributed by atoms with E-state index < -0.39 is 0 Å². The van der Waals surface area contributed by atoms with Gasteiger partial charge in [0, 0.05) is 24.6 Å². The van der Waals surface area contributed by atoms with Gasteiger partial charge >= 0.3 is 0 Å². The molecule has 1 fully saturated rings. The maximum absolute atomic E-state index is 11.7. The average molecular weight is 276 g/mol. The van der Waals surface area contributed by atoms with E-state index in [1.165, 1.54) is 25.0 Å². The fraction of sp³-hybridized carbons (Fsp3) is 0.917. The van der Waals surface area contributed by atoms with E-state index in [9.17, 15) is 4.79 Å². The number of nitrogens with one attached hydrogen (secondary N) is 2. The van der Waals surface area contributed by atoms with Crippen LogP contribution in [0.3, 0.4) is 0 Å². The molecule has 100 valence electrons. The maximum atomic E-state index is 11.7. The first-order valence-corrected chi connectivity index (χ1v) is 8.97. The monoisotopic (exact) mass is 276 g/mol. The van der Waals surface area contributed by atoms with Crippen LogP contribution in [0.25, 0.3) is 0 Å². The molecule has 1 amide bonds. The highest BCUT2D eigenvalue weighted by Gasteiger charge is 2.19. The summed E-state index contributed by atoms with van der Waals surface area (Å²) in [6.07, 6.45) is 7.08. The molecule has 2 N–H and O–H groups in total. The van der Waals surface area contributed by atoms with E-state index in [1.807, 2.05) is 23.5 Å². The van der Waals surface area contributed by atoms with Crippen LogP contribution in [0.2, 0.25) is 0 Å². The lowest BCUT2D eigenvalue weighted by Gasteiger charge is -2.22. The number of hydrogen-bond acceptors (Lipinski definition) is 4. The second-order valence-electron chi connectivity index (χ2n) is 4.28. The van der Waals surface area contributed by atoms with Crippen molar-refractivity contribution in [3.8, 4) is 0 Å². The van der Waals surface area contributed by atoms with Crippen molar-refractivity contribution < 1.29 is 4.79 Å². The van der Waals surface area contributed by atoms with E-state index in [-0.39, 0.29) is 11.9 Å². The van der Waals surface area contributed by atoms with Gasteiger partial charge in [0.15, 0.2) is 0 Å². The minimum atomic E-state index is 0.0326. The Bertz CT molecular complexity index is 209. The molecule has 3 nitrogen and oxygen atoms in total. The summed E-state index contributed by atoms with van der Waals surface area (Å²) in [5.41, 5.74) is 0. The van der Waals surface area contributed by atoms with Crippen molar-refractivity contribution in [3.63, 3.8) is 0 Å². The maximum Gasteiger partial charge on any atom is 0.237 e. The number of hydrogen-bond donors (Lipinski definition) is 2. The lowest BCUT2D eigenvalue weighted by molar-refractivity contribution is -0.122. The van der Waals surface area contributed by atoms with Crippen molar-refractivity contribution in [2.75, 3.05) is 36.6 Å². The molecule has 1 heterocycles. The zero-order valence-electron chi connectivity index (χ0n) is 10.7. The van der Waals surface area contributed by atoms with Gasteiger partial charge in [-0.3, -0.25) is 4.79 Å². The third kappa shape index (κ3) is 7.21. The number of thioether (sulfide) groups is 2. The molecule has 1 aliphatic rings. The first kappa shape index (κ1) is 15.2.